The topological polar surface area (TPSA) is 129 Å². The predicted molar refractivity (Wildman–Crippen MR) is 148 cm³/mol. The fourth-order valence-electron chi connectivity index (χ4n) is 5.32. The Bertz CT molecular complexity index is 1460. The molecular weight excluding hydrogens is 514 g/mol. The molecule has 1 aliphatic carbocycles. The van der Waals surface area contributed by atoms with Crippen molar-refractivity contribution in [3.05, 3.63) is 89.5 Å². The summed E-state index contributed by atoms with van der Waals surface area (Å²) in [4.78, 5) is 29.3. The van der Waals surface area contributed by atoms with Crippen LogP contribution >= 0.6 is 11.6 Å². The van der Waals surface area contributed by atoms with E-state index in [1.54, 1.807) is 29.2 Å². The van der Waals surface area contributed by atoms with Crippen molar-refractivity contribution in [3.63, 3.8) is 0 Å². The Labute approximate surface area is 231 Å². The first-order valence-electron chi connectivity index (χ1n) is 12.8. The number of nitrogens with one attached hydrogen (secondary N) is 1. The van der Waals surface area contributed by atoms with Gasteiger partial charge in [-0.05, 0) is 53.6 Å². The van der Waals surface area contributed by atoms with Gasteiger partial charge in [-0.1, -0.05) is 55.8 Å². The molecule has 3 atom stereocenters. The summed E-state index contributed by atoms with van der Waals surface area (Å²) >= 11 is 5.98. The van der Waals surface area contributed by atoms with Gasteiger partial charge < -0.3 is 11.1 Å². The third-order valence-electron chi connectivity index (χ3n) is 7.75. The minimum Gasteiger partial charge on any atom is -0.368 e. The number of hydrogen-bond acceptors (Lipinski definition) is 6. The highest BCUT2D eigenvalue weighted by Gasteiger charge is 2.50. The van der Waals surface area contributed by atoms with Gasteiger partial charge in [-0.2, -0.15) is 5.10 Å². The summed E-state index contributed by atoms with van der Waals surface area (Å²) in [6, 6.07) is 18.1. The number of pyridine rings is 1. The van der Waals surface area contributed by atoms with Crippen LogP contribution in [0.1, 0.15) is 43.9 Å². The molecule has 10 heteroatoms. The van der Waals surface area contributed by atoms with Gasteiger partial charge in [0.2, 0.25) is 11.8 Å². The summed E-state index contributed by atoms with van der Waals surface area (Å²) < 4.78 is 1.80. The van der Waals surface area contributed by atoms with E-state index in [0.29, 0.717) is 23.8 Å². The summed E-state index contributed by atoms with van der Waals surface area (Å²) in [6.45, 7) is 4.31. The van der Waals surface area contributed by atoms with E-state index in [9.17, 15) is 9.59 Å². The summed E-state index contributed by atoms with van der Waals surface area (Å²) in [7, 11) is 0. The van der Waals surface area contributed by atoms with Gasteiger partial charge in [-0.3, -0.25) is 14.6 Å². The lowest BCUT2D eigenvalue weighted by atomic mass is 9.52. The molecule has 3 aromatic heterocycles. The van der Waals surface area contributed by atoms with Gasteiger partial charge >= 0.3 is 0 Å². The van der Waals surface area contributed by atoms with Crippen molar-refractivity contribution in [1.82, 2.24) is 30.3 Å². The van der Waals surface area contributed by atoms with Crippen LogP contribution in [0.25, 0.3) is 17.1 Å². The maximum atomic E-state index is 13.0. The molecule has 1 saturated carbocycles. The van der Waals surface area contributed by atoms with Crippen molar-refractivity contribution >= 4 is 23.4 Å². The van der Waals surface area contributed by atoms with E-state index < -0.39 is 11.9 Å². The number of benzene rings is 1. The summed E-state index contributed by atoms with van der Waals surface area (Å²) in [6.07, 6.45) is 4.93. The van der Waals surface area contributed by atoms with Crippen LogP contribution in [-0.2, 0) is 16.0 Å². The molecule has 5 rings (SSSR count). The molecule has 0 bridgehead atoms. The third kappa shape index (κ3) is 5.68. The highest BCUT2D eigenvalue weighted by molar-refractivity contribution is 6.29. The Hall–Kier alpha value is -4.11. The highest BCUT2D eigenvalue weighted by atomic mass is 35.5. The predicted octanol–water partition coefficient (Wildman–Crippen LogP) is 4.11. The lowest BCUT2D eigenvalue weighted by Gasteiger charge is -2.52. The van der Waals surface area contributed by atoms with E-state index in [1.807, 2.05) is 42.5 Å². The minimum atomic E-state index is -0.758. The fourth-order valence-corrected chi connectivity index (χ4v) is 5.42. The maximum Gasteiger partial charge on any atom is 0.240 e. The van der Waals surface area contributed by atoms with Crippen LogP contribution < -0.4 is 11.1 Å². The number of halogens is 1. The Balaban J connectivity index is 1.34. The van der Waals surface area contributed by atoms with E-state index in [1.165, 1.54) is 0 Å². The molecule has 1 fully saturated rings. The van der Waals surface area contributed by atoms with E-state index >= 15 is 0 Å². The van der Waals surface area contributed by atoms with Crippen molar-refractivity contribution in [2.75, 3.05) is 0 Å². The lowest BCUT2D eigenvalue weighted by Crippen LogP contribution is -2.49. The van der Waals surface area contributed by atoms with Crippen molar-refractivity contribution in [1.29, 1.82) is 0 Å². The number of nitrogens with zero attached hydrogens (tertiary/aromatic N) is 5. The molecule has 0 spiro atoms. The molecule has 39 heavy (non-hydrogen) atoms. The number of amides is 2. The van der Waals surface area contributed by atoms with Crippen LogP contribution in [0.15, 0.2) is 73.1 Å². The Morgan fingerprint density at radius 2 is 1.92 bits per heavy atom. The van der Waals surface area contributed by atoms with Crippen LogP contribution in [-0.4, -0.2) is 42.8 Å². The zero-order valence-electron chi connectivity index (χ0n) is 21.8. The number of aromatic nitrogens is 5. The zero-order valence-corrected chi connectivity index (χ0v) is 22.5. The van der Waals surface area contributed by atoms with Crippen LogP contribution in [0.3, 0.4) is 0 Å². The Morgan fingerprint density at radius 1 is 1.13 bits per heavy atom. The molecule has 0 unspecified atom stereocenters. The van der Waals surface area contributed by atoms with E-state index in [4.69, 9.17) is 22.4 Å². The van der Waals surface area contributed by atoms with Gasteiger partial charge in [0.05, 0.1) is 11.4 Å². The summed E-state index contributed by atoms with van der Waals surface area (Å²) in [5.41, 5.74) is 8.97. The van der Waals surface area contributed by atoms with Crippen LogP contribution in [0.4, 0.5) is 0 Å². The highest BCUT2D eigenvalue weighted by Crippen LogP contribution is 2.58. The molecule has 0 aliphatic heterocycles. The second-order valence-corrected chi connectivity index (χ2v) is 10.9. The van der Waals surface area contributed by atoms with Gasteiger partial charge in [0.15, 0.2) is 11.0 Å². The average Bonchev–Trinajstić information content (AvgIpc) is 3.36. The van der Waals surface area contributed by atoms with Gasteiger partial charge in [0.25, 0.3) is 0 Å². The minimum absolute atomic E-state index is 0.106. The van der Waals surface area contributed by atoms with Crippen LogP contribution in [0.5, 0.6) is 0 Å². The molecule has 3 N–H and O–H groups in total. The second kappa shape index (κ2) is 10.9. The third-order valence-corrected chi connectivity index (χ3v) is 7.95. The normalized spacial score (nSPS) is 18.6. The molecule has 0 saturated heterocycles. The molecule has 3 heterocycles. The number of rotatable bonds is 9. The van der Waals surface area contributed by atoms with Crippen molar-refractivity contribution in [3.8, 4) is 17.1 Å². The molecule has 4 aromatic rings. The van der Waals surface area contributed by atoms with Gasteiger partial charge in [0, 0.05) is 36.7 Å². The molecule has 1 aromatic carbocycles. The monoisotopic (exact) mass is 543 g/mol. The number of carbonyl (C=O) groups excluding carboxylic acids is 2. The van der Waals surface area contributed by atoms with E-state index in [2.05, 4.69) is 40.4 Å². The largest absolute Gasteiger partial charge is 0.368 e. The van der Waals surface area contributed by atoms with Crippen molar-refractivity contribution < 1.29 is 9.59 Å². The first-order chi connectivity index (χ1) is 18.7. The summed E-state index contributed by atoms with van der Waals surface area (Å²) in [5.74, 6) is 0.0520. The van der Waals surface area contributed by atoms with E-state index in [-0.39, 0.29) is 23.2 Å². The Kier molecular flexibility index (Phi) is 7.43. The fraction of sp³-hybridized carbons (Fsp3) is 0.310. The lowest BCUT2D eigenvalue weighted by molar-refractivity contribution is -0.130. The molecule has 2 amide bonds. The first-order valence-corrected chi connectivity index (χ1v) is 13.2. The first kappa shape index (κ1) is 26.5. The second-order valence-electron chi connectivity index (χ2n) is 10.5. The molecule has 1 aliphatic rings. The number of nitrogens with two attached hydrogens (primary N) is 1. The molecular formula is C29H30ClN7O2. The maximum absolute atomic E-state index is 13.0. The number of hydrogen-bond donors (Lipinski definition) is 2. The Morgan fingerprint density at radius 3 is 2.56 bits per heavy atom. The SMILES string of the molecule is CC1(C)[C@@H](CC(=O)N[C@@H](Cc2ccccc2)C(N)=O)C[C@H]1c1cc(-c2cccnc2)nn1-c1ccc(Cl)nn1. The number of primary amides is 1. The van der Waals surface area contributed by atoms with Gasteiger partial charge in [-0.15, -0.1) is 10.2 Å². The summed E-state index contributed by atoms with van der Waals surface area (Å²) in [5, 5.41) is 16.2. The van der Waals surface area contributed by atoms with Crippen LogP contribution in [0.2, 0.25) is 5.15 Å². The van der Waals surface area contributed by atoms with Gasteiger partial charge in [0.1, 0.15) is 6.04 Å². The smallest absolute Gasteiger partial charge is 0.240 e. The van der Waals surface area contributed by atoms with E-state index in [0.717, 1.165) is 28.9 Å². The van der Waals surface area contributed by atoms with Crippen molar-refractivity contribution in [2.45, 2.75) is 45.1 Å². The van der Waals surface area contributed by atoms with Gasteiger partial charge in [-0.25, -0.2) is 4.68 Å². The molecule has 0 radical (unpaired) electrons. The average molecular weight is 544 g/mol. The zero-order chi connectivity index (χ0) is 27.6. The number of carbonyl (C=O) groups is 2. The quantitative estimate of drug-likeness (QED) is 0.327. The molecule has 9 nitrogen and oxygen atoms in total. The van der Waals surface area contributed by atoms with Crippen LogP contribution in [0, 0.1) is 11.3 Å². The molecule has 200 valence electrons. The van der Waals surface area contributed by atoms with Crippen molar-refractivity contribution in [2.24, 2.45) is 17.1 Å². The standard InChI is InChI=1S/C29H30ClN7O2/c1-29(2)20(15-27(38)33-23(28(31)39)13-18-7-4-3-5-8-18)14-21(29)24-16-22(19-9-6-12-32-17-19)36-37(24)26-11-10-25(30)34-35-26/h3-12,16-17,20-21,23H,13-15H2,1-2H3,(H2,31,39)(H,33,38)/t20-,21+,23+/m1/s1.